The molecule has 3 aromatic carbocycles. The van der Waals surface area contributed by atoms with Gasteiger partial charge < -0.3 is 9.47 Å². The molecule has 33 heavy (non-hydrogen) atoms. The molecular weight excluding hydrogens is 480 g/mol. The van der Waals surface area contributed by atoms with Crippen molar-refractivity contribution in [3.05, 3.63) is 93.5 Å². The molecule has 0 aliphatic rings. The van der Waals surface area contributed by atoms with Crippen molar-refractivity contribution in [1.29, 1.82) is 0 Å². The average molecular weight is 509 g/mol. The molecule has 0 heterocycles. The van der Waals surface area contributed by atoms with Crippen LogP contribution in [-0.4, -0.2) is 11.9 Å². The van der Waals surface area contributed by atoms with Crippen LogP contribution in [0.3, 0.4) is 0 Å². The van der Waals surface area contributed by atoms with Crippen molar-refractivity contribution in [3.8, 4) is 11.5 Å². The van der Waals surface area contributed by atoms with Gasteiger partial charge >= 0.3 is 11.9 Å². The normalized spacial score (nSPS) is 11.7. The second-order valence-electron chi connectivity index (χ2n) is 10.0. The number of esters is 2. The Balaban J connectivity index is 1.74. The predicted octanol–water partition coefficient (Wildman–Crippen LogP) is 7.48. The monoisotopic (exact) mass is 508 g/mol. The molecule has 5 heteroatoms. The Morgan fingerprint density at radius 3 is 1.48 bits per heavy atom. The highest BCUT2D eigenvalue weighted by Gasteiger charge is 2.19. The van der Waals surface area contributed by atoms with Gasteiger partial charge in [0.05, 0.1) is 11.1 Å². The van der Waals surface area contributed by atoms with E-state index in [1.807, 2.05) is 24.3 Å². The molecule has 3 aromatic rings. The first-order valence-corrected chi connectivity index (χ1v) is 11.6. The fourth-order valence-corrected chi connectivity index (χ4v) is 3.59. The third-order valence-corrected chi connectivity index (χ3v) is 5.98. The van der Waals surface area contributed by atoms with E-state index in [0.29, 0.717) is 16.0 Å². The van der Waals surface area contributed by atoms with E-state index in [4.69, 9.17) is 9.47 Å². The lowest BCUT2D eigenvalue weighted by Gasteiger charge is -2.19. The Bertz CT molecular complexity index is 1150. The lowest BCUT2D eigenvalue weighted by atomic mass is 9.87. The van der Waals surface area contributed by atoms with Crippen molar-refractivity contribution in [2.75, 3.05) is 0 Å². The van der Waals surface area contributed by atoms with Crippen LogP contribution < -0.4 is 9.47 Å². The van der Waals surface area contributed by atoms with E-state index in [-0.39, 0.29) is 22.0 Å². The van der Waals surface area contributed by atoms with Gasteiger partial charge in [-0.3, -0.25) is 0 Å². The number of rotatable bonds is 4. The second-order valence-corrected chi connectivity index (χ2v) is 10.9. The molecule has 4 nitrogen and oxygen atoms in total. The maximum atomic E-state index is 12.8. The molecule has 172 valence electrons. The van der Waals surface area contributed by atoms with E-state index >= 15 is 0 Å². The van der Waals surface area contributed by atoms with Gasteiger partial charge in [-0.2, -0.15) is 0 Å². The van der Waals surface area contributed by atoms with Gasteiger partial charge in [0.1, 0.15) is 11.5 Å². The summed E-state index contributed by atoms with van der Waals surface area (Å²) in [5.41, 5.74) is 2.81. The summed E-state index contributed by atoms with van der Waals surface area (Å²) in [6, 6.07) is 19.6. The summed E-state index contributed by atoms with van der Waals surface area (Å²) in [5, 5.41) is 0. The third kappa shape index (κ3) is 6.32. The van der Waals surface area contributed by atoms with Crippen LogP contribution in [0.25, 0.3) is 0 Å². The molecule has 0 amide bonds. The summed E-state index contributed by atoms with van der Waals surface area (Å²) in [6.45, 7) is 12.7. The Hall–Kier alpha value is -2.92. The lowest BCUT2D eigenvalue weighted by Crippen LogP contribution is -2.14. The highest BCUT2D eigenvalue weighted by Crippen LogP contribution is 2.27. The Morgan fingerprint density at radius 2 is 1.06 bits per heavy atom. The summed E-state index contributed by atoms with van der Waals surface area (Å²) < 4.78 is 11.6. The molecule has 3 rings (SSSR count). The summed E-state index contributed by atoms with van der Waals surface area (Å²) in [7, 11) is 0. The topological polar surface area (TPSA) is 52.6 Å². The average Bonchev–Trinajstić information content (AvgIpc) is 2.73. The van der Waals surface area contributed by atoms with E-state index in [1.165, 1.54) is 6.07 Å². The first-order valence-electron chi connectivity index (χ1n) is 10.8. The van der Waals surface area contributed by atoms with Gasteiger partial charge in [0.25, 0.3) is 0 Å². The zero-order chi connectivity index (χ0) is 24.4. The van der Waals surface area contributed by atoms with Crippen molar-refractivity contribution >= 4 is 27.9 Å². The fourth-order valence-electron chi connectivity index (χ4n) is 3.18. The maximum Gasteiger partial charge on any atom is 0.344 e. The summed E-state index contributed by atoms with van der Waals surface area (Å²) >= 11 is 3.37. The van der Waals surface area contributed by atoms with Gasteiger partial charge in [-0.05, 0) is 80.4 Å². The van der Waals surface area contributed by atoms with E-state index in [2.05, 4.69) is 57.5 Å². The van der Waals surface area contributed by atoms with Crippen LogP contribution in [0, 0.1) is 0 Å². The van der Waals surface area contributed by atoms with Crippen LogP contribution in [0.2, 0.25) is 0 Å². The molecule has 0 spiro atoms. The molecule has 0 saturated carbocycles. The van der Waals surface area contributed by atoms with Crippen LogP contribution >= 0.6 is 15.9 Å². The van der Waals surface area contributed by atoms with Gasteiger partial charge in [-0.1, -0.05) is 65.8 Å². The van der Waals surface area contributed by atoms with E-state index in [0.717, 1.165) is 11.1 Å². The number of carbonyl (C=O) groups is 2. The zero-order valence-corrected chi connectivity index (χ0v) is 21.4. The molecule has 0 aliphatic heterocycles. The molecule has 0 radical (unpaired) electrons. The predicted molar refractivity (Wildman–Crippen MR) is 134 cm³/mol. The molecule has 0 saturated heterocycles. The third-order valence-electron chi connectivity index (χ3n) is 5.28. The van der Waals surface area contributed by atoms with Crippen LogP contribution in [0.5, 0.6) is 11.5 Å². The van der Waals surface area contributed by atoms with E-state index < -0.39 is 11.9 Å². The van der Waals surface area contributed by atoms with Crippen molar-refractivity contribution in [2.24, 2.45) is 0 Å². The fraction of sp³-hybridized carbons (Fsp3) is 0.286. The molecular formula is C28H29BrO4. The number of halogens is 1. The highest BCUT2D eigenvalue weighted by molar-refractivity contribution is 9.10. The number of hydrogen-bond donors (Lipinski definition) is 0. The molecule has 0 unspecified atom stereocenters. The van der Waals surface area contributed by atoms with E-state index in [9.17, 15) is 9.59 Å². The Kier molecular flexibility index (Phi) is 7.13. The van der Waals surface area contributed by atoms with Crippen molar-refractivity contribution in [3.63, 3.8) is 0 Å². The molecule has 0 fully saturated rings. The molecule has 0 bridgehead atoms. The highest BCUT2D eigenvalue weighted by atomic mass is 79.9. The summed E-state index contributed by atoms with van der Waals surface area (Å²) in [5.74, 6) is -0.227. The van der Waals surface area contributed by atoms with Gasteiger partial charge in [0.2, 0.25) is 0 Å². The SMILES string of the molecule is CC(C)(C)c1ccc(OC(=O)c2ccc(Br)c(C(=O)Oc3ccc(C(C)(C)C)cc3)c2)cc1. The number of benzene rings is 3. The lowest BCUT2D eigenvalue weighted by molar-refractivity contribution is 0.0733. The van der Waals surface area contributed by atoms with Crippen molar-refractivity contribution in [2.45, 2.75) is 52.4 Å². The molecule has 0 aliphatic carbocycles. The first kappa shape index (κ1) is 24.7. The second kappa shape index (κ2) is 9.52. The number of hydrogen-bond acceptors (Lipinski definition) is 4. The van der Waals surface area contributed by atoms with Crippen LogP contribution in [0.15, 0.2) is 71.2 Å². The minimum Gasteiger partial charge on any atom is -0.423 e. The largest absolute Gasteiger partial charge is 0.423 e. The molecule has 0 N–H and O–H groups in total. The standard InChI is InChI=1S/C28H29BrO4/c1-27(2,3)19-8-12-21(13-9-19)32-25(30)18-7-16-24(29)23(17-18)26(31)33-22-14-10-20(11-15-22)28(4,5)6/h7-17H,1-6H3. The Labute approximate surface area is 204 Å². The van der Waals surface area contributed by atoms with Gasteiger partial charge in [-0.25, -0.2) is 9.59 Å². The van der Waals surface area contributed by atoms with Crippen molar-refractivity contribution < 1.29 is 19.1 Å². The van der Waals surface area contributed by atoms with Crippen LogP contribution in [0.4, 0.5) is 0 Å². The molecule has 0 aromatic heterocycles. The van der Waals surface area contributed by atoms with Crippen LogP contribution in [0.1, 0.15) is 73.4 Å². The molecule has 0 atom stereocenters. The minimum atomic E-state index is -0.561. The maximum absolute atomic E-state index is 12.8. The minimum absolute atomic E-state index is 0.00727. The summed E-state index contributed by atoms with van der Waals surface area (Å²) in [6.07, 6.45) is 0. The van der Waals surface area contributed by atoms with Crippen LogP contribution in [-0.2, 0) is 10.8 Å². The quantitative estimate of drug-likeness (QED) is 0.270. The summed E-state index contributed by atoms with van der Waals surface area (Å²) in [4.78, 5) is 25.5. The zero-order valence-electron chi connectivity index (χ0n) is 19.9. The van der Waals surface area contributed by atoms with E-state index in [1.54, 1.807) is 36.4 Å². The van der Waals surface area contributed by atoms with Gasteiger partial charge in [0.15, 0.2) is 0 Å². The number of carbonyl (C=O) groups excluding carboxylic acids is 2. The first-order chi connectivity index (χ1) is 15.3. The van der Waals surface area contributed by atoms with Gasteiger partial charge in [0, 0.05) is 4.47 Å². The smallest absolute Gasteiger partial charge is 0.344 e. The Morgan fingerprint density at radius 1 is 0.636 bits per heavy atom. The van der Waals surface area contributed by atoms with Crippen molar-refractivity contribution in [1.82, 2.24) is 0 Å². The number of ether oxygens (including phenoxy) is 2. The van der Waals surface area contributed by atoms with Gasteiger partial charge in [-0.15, -0.1) is 0 Å².